The number of piperidine rings is 1. The number of thiazole rings is 1. The molecular formula is C22H25N5O4S. The molecule has 0 aromatic carbocycles. The van der Waals surface area contributed by atoms with Crippen molar-refractivity contribution in [1.29, 1.82) is 0 Å². The van der Waals surface area contributed by atoms with E-state index in [0.29, 0.717) is 36.3 Å². The van der Waals surface area contributed by atoms with Crippen LogP contribution in [0.15, 0.2) is 40.5 Å². The lowest BCUT2D eigenvalue weighted by molar-refractivity contribution is -0.150. The van der Waals surface area contributed by atoms with Gasteiger partial charge in [-0.05, 0) is 39.3 Å². The summed E-state index contributed by atoms with van der Waals surface area (Å²) in [5.74, 6) is 0.858. The summed E-state index contributed by atoms with van der Waals surface area (Å²) in [6.07, 6.45) is 4.72. The van der Waals surface area contributed by atoms with Crippen molar-refractivity contribution in [2.45, 2.75) is 26.7 Å². The van der Waals surface area contributed by atoms with E-state index in [1.165, 1.54) is 22.6 Å². The Morgan fingerprint density at radius 3 is 2.91 bits per heavy atom. The van der Waals surface area contributed by atoms with Gasteiger partial charge in [0.2, 0.25) is 11.8 Å². The van der Waals surface area contributed by atoms with Crippen LogP contribution in [0.4, 0.5) is 11.7 Å². The summed E-state index contributed by atoms with van der Waals surface area (Å²) in [5, 5.41) is 2.61. The average molecular weight is 456 g/mol. The normalized spacial score (nSPS) is 16.6. The third kappa shape index (κ3) is 5.03. The van der Waals surface area contributed by atoms with Gasteiger partial charge in [-0.1, -0.05) is 0 Å². The molecular weight excluding hydrogens is 430 g/mol. The number of ether oxygens (including phenoxy) is 1. The van der Waals surface area contributed by atoms with Crippen molar-refractivity contribution < 1.29 is 18.7 Å². The molecule has 4 heterocycles. The number of rotatable bonds is 7. The molecule has 9 nitrogen and oxygen atoms in total. The van der Waals surface area contributed by atoms with Gasteiger partial charge < -0.3 is 9.15 Å². The van der Waals surface area contributed by atoms with Gasteiger partial charge in [-0.3, -0.25) is 14.5 Å². The number of likely N-dealkylation sites (tertiary alicyclic amines) is 1. The third-order valence-electron chi connectivity index (χ3n) is 5.21. The summed E-state index contributed by atoms with van der Waals surface area (Å²) < 4.78 is 10.9. The monoisotopic (exact) mass is 455 g/mol. The Hall–Kier alpha value is -3.11. The molecule has 1 aliphatic rings. The molecule has 32 heavy (non-hydrogen) atoms. The molecule has 1 aliphatic heterocycles. The molecule has 4 rings (SSSR count). The second-order valence-corrected chi connectivity index (χ2v) is 8.43. The number of amides is 1. The van der Waals surface area contributed by atoms with E-state index in [1.807, 2.05) is 17.2 Å². The Morgan fingerprint density at radius 2 is 2.19 bits per heavy atom. The quantitative estimate of drug-likeness (QED) is 0.499. The number of furan rings is 1. The minimum Gasteiger partial charge on any atom is -0.466 e. The third-order valence-corrected chi connectivity index (χ3v) is 6.01. The summed E-state index contributed by atoms with van der Waals surface area (Å²) in [5.41, 5.74) is 0.631. The van der Waals surface area contributed by atoms with Crippen LogP contribution < -0.4 is 4.90 Å². The highest BCUT2D eigenvalue weighted by atomic mass is 32.1. The zero-order valence-corrected chi connectivity index (χ0v) is 18.9. The van der Waals surface area contributed by atoms with Crippen molar-refractivity contribution in [2.24, 2.45) is 5.92 Å². The van der Waals surface area contributed by atoms with Gasteiger partial charge in [-0.15, -0.1) is 11.3 Å². The van der Waals surface area contributed by atoms with Gasteiger partial charge in [0.25, 0.3) is 0 Å². The first-order chi connectivity index (χ1) is 15.5. The van der Waals surface area contributed by atoms with Crippen molar-refractivity contribution >= 4 is 34.9 Å². The number of carbonyl (C=O) groups excluding carboxylic acids is 2. The Kier molecular flexibility index (Phi) is 6.91. The van der Waals surface area contributed by atoms with E-state index in [4.69, 9.17) is 9.15 Å². The molecule has 168 valence electrons. The van der Waals surface area contributed by atoms with Crippen LogP contribution in [0, 0.1) is 12.8 Å². The number of aryl methyl sites for hydroxylation is 1. The van der Waals surface area contributed by atoms with Gasteiger partial charge in [-0.2, -0.15) is 0 Å². The van der Waals surface area contributed by atoms with E-state index in [1.54, 1.807) is 31.3 Å². The highest BCUT2D eigenvalue weighted by molar-refractivity contribution is 7.13. The van der Waals surface area contributed by atoms with E-state index in [-0.39, 0.29) is 24.3 Å². The lowest BCUT2D eigenvalue weighted by Crippen LogP contribution is -2.45. The second-order valence-electron chi connectivity index (χ2n) is 7.54. The van der Waals surface area contributed by atoms with Gasteiger partial charge in [0.15, 0.2) is 0 Å². The molecule has 0 bridgehead atoms. The zero-order valence-electron chi connectivity index (χ0n) is 18.1. The number of hydrogen-bond acceptors (Lipinski definition) is 9. The first-order valence-corrected chi connectivity index (χ1v) is 11.4. The van der Waals surface area contributed by atoms with Crippen LogP contribution in [0.5, 0.6) is 0 Å². The van der Waals surface area contributed by atoms with Crippen LogP contribution in [0.3, 0.4) is 0 Å². The largest absolute Gasteiger partial charge is 0.466 e. The number of esters is 1. The van der Waals surface area contributed by atoms with Gasteiger partial charge in [-0.25, -0.2) is 19.9 Å². The summed E-state index contributed by atoms with van der Waals surface area (Å²) in [6, 6.07) is 5.28. The van der Waals surface area contributed by atoms with Gasteiger partial charge in [0.1, 0.15) is 28.6 Å². The van der Waals surface area contributed by atoms with E-state index in [2.05, 4.69) is 15.0 Å². The number of anilines is 2. The molecule has 3 aromatic rings. The summed E-state index contributed by atoms with van der Waals surface area (Å²) >= 11 is 1.46. The highest BCUT2D eigenvalue weighted by Gasteiger charge is 2.30. The fraction of sp³-hybridized carbons (Fsp3) is 0.409. The number of aromatic nitrogens is 3. The lowest BCUT2D eigenvalue weighted by atomic mass is 9.98. The smallest absolute Gasteiger partial charge is 0.310 e. The van der Waals surface area contributed by atoms with Crippen molar-refractivity contribution in [3.05, 3.63) is 41.9 Å². The van der Waals surface area contributed by atoms with Crippen molar-refractivity contribution in [1.82, 2.24) is 19.9 Å². The topological polar surface area (TPSA) is 102 Å². The highest BCUT2D eigenvalue weighted by Crippen LogP contribution is 2.29. The maximum absolute atomic E-state index is 13.5. The van der Waals surface area contributed by atoms with Crippen LogP contribution in [0.25, 0.3) is 10.7 Å². The predicted molar refractivity (Wildman–Crippen MR) is 120 cm³/mol. The Labute approximate surface area is 190 Å². The lowest BCUT2D eigenvalue weighted by Gasteiger charge is -2.32. The molecule has 1 atom stereocenters. The van der Waals surface area contributed by atoms with Crippen LogP contribution >= 0.6 is 11.3 Å². The second kappa shape index (κ2) is 10.0. The van der Waals surface area contributed by atoms with Crippen LogP contribution in [0.1, 0.15) is 25.5 Å². The minimum absolute atomic E-state index is 0.131. The molecule has 0 radical (unpaired) electrons. The van der Waals surface area contributed by atoms with Crippen LogP contribution in [-0.4, -0.2) is 58.0 Å². The number of carbonyl (C=O) groups is 2. The molecule has 1 amide bonds. The van der Waals surface area contributed by atoms with E-state index < -0.39 is 0 Å². The van der Waals surface area contributed by atoms with Crippen molar-refractivity contribution in [3.63, 3.8) is 0 Å². The summed E-state index contributed by atoms with van der Waals surface area (Å²) in [4.78, 5) is 42.0. The molecule has 0 saturated carbocycles. The SMILES string of the molecule is CCOC(=O)C1CCCN(CC(=O)N(c2cc(-c3nccs3)ncn2)c2ccc(C)o2)C1. The minimum atomic E-state index is -0.216. The first kappa shape index (κ1) is 22.1. The van der Waals surface area contributed by atoms with E-state index >= 15 is 0 Å². The van der Waals surface area contributed by atoms with Crippen LogP contribution in [-0.2, 0) is 14.3 Å². The Morgan fingerprint density at radius 1 is 1.31 bits per heavy atom. The maximum Gasteiger partial charge on any atom is 0.310 e. The average Bonchev–Trinajstić information content (AvgIpc) is 3.47. The fourth-order valence-electron chi connectivity index (χ4n) is 3.76. The molecule has 1 unspecified atom stereocenters. The molecule has 0 aliphatic carbocycles. The number of nitrogens with zero attached hydrogens (tertiary/aromatic N) is 5. The summed E-state index contributed by atoms with van der Waals surface area (Å²) in [6.45, 7) is 5.33. The van der Waals surface area contributed by atoms with Crippen molar-refractivity contribution in [3.8, 4) is 10.7 Å². The van der Waals surface area contributed by atoms with E-state index in [9.17, 15) is 9.59 Å². The molecule has 0 N–H and O–H groups in total. The molecule has 1 fully saturated rings. The predicted octanol–water partition coefficient (Wildman–Crippen LogP) is 3.44. The Balaban J connectivity index is 1.57. The molecule has 0 spiro atoms. The fourth-order valence-corrected chi connectivity index (χ4v) is 4.36. The zero-order chi connectivity index (χ0) is 22.5. The summed E-state index contributed by atoms with van der Waals surface area (Å²) in [7, 11) is 0. The number of hydrogen-bond donors (Lipinski definition) is 0. The van der Waals surface area contributed by atoms with Gasteiger partial charge >= 0.3 is 5.97 Å². The van der Waals surface area contributed by atoms with E-state index in [0.717, 1.165) is 24.4 Å². The van der Waals surface area contributed by atoms with Crippen molar-refractivity contribution in [2.75, 3.05) is 31.1 Å². The van der Waals surface area contributed by atoms with Gasteiger partial charge in [0.05, 0.1) is 19.1 Å². The Bertz CT molecular complexity index is 1070. The molecule has 3 aromatic heterocycles. The van der Waals surface area contributed by atoms with Gasteiger partial charge in [0, 0.05) is 30.3 Å². The molecule has 1 saturated heterocycles. The first-order valence-electron chi connectivity index (χ1n) is 10.6. The van der Waals surface area contributed by atoms with Crippen LogP contribution in [0.2, 0.25) is 0 Å². The standard InChI is InChI=1S/C22H25N5O4S/c1-3-30-22(29)16-5-4-9-26(12-16)13-19(28)27(20-7-6-15(2)31-20)18-11-17(24-14-25-18)21-23-8-10-32-21/h6-8,10-11,14,16H,3-5,9,12-13H2,1-2H3. The maximum atomic E-state index is 13.5. The molecule has 10 heteroatoms.